The highest BCUT2D eigenvalue weighted by atomic mass is 16.6. The maximum atomic E-state index is 12.3. The fourth-order valence-corrected chi connectivity index (χ4v) is 3.54. The molecule has 2 amide bonds. The summed E-state index contributed by atoms with van der Waals surface area (Å²) in [6.07, 6.45) is -0.000296. The van der Waals surface area contributed by atoms with Gasteiger partial charge in [-0.3, -0.25) is 19.7 Å². The molecule has 0 radical (unpaired) electrons. The van der Waals surface area contributed by atoms with Crippen LogP contribution in [0.15, 0.2) is 12.1 Å². The van der Waals surface area contributed by atoms with Crippen LogP contribution in [0.1, 0.15) is 45.2 Å². The largest absolute Gasteiger partial charge is 0.485 e. The lowest BCUT2D eigenvalue weighted by Crippen LogP contribution is -2.53. The fourth-order valence-electron chi connectivity index (χ4n) is 3.54. The normalized spacial score (nSPS) is 24.0. The number of ether oxygens (including phenoxy) is 1. The number of nitrogens with one attached hydrogen (secondary N) is 1. The first-order chi connectivity index (χ1) is 12.1. The first-order valence-corrected chi connectivity index (χ1v) is 8.38. The highest BCUT2D eigenvalue weighted by Crippen LogP contribution is 2.47. The van der Waals surface area contributed by atoms with Gasteiger partial charge in [-0.1, -0.05) is 0 Å². The number of aliphatic hydroxyl groups excluding tert-OH is 1. The number of aliphatic hydroxyl groups is 1. The molecular formula is C17H21N3O6. The molecule has 0 unspecified atom stereocenters. The van der Waals surface area contributed by atoms with Crippen molar-refractivity contribution in [1.82, 2.24) is 4.90 Å². The Morgan fingerprint density at radius 3 is 2.69 bits per heavy atom. The zero-order chi connectivity index (χ0) is 19.2. The van der Waals surface area contributed by atoms with E-state index in [0.29, 0.717) is 30.7 Å². The van der Waals surface area contributed by atoms with Crippen LogP contribution in [0.4, 0.5) is 11.4 Å². The lowest BCUT2D eigenvalue weighted by atomic mass is 9.85. The molecule has 2 aliphatic rings. The molecule has 1 fully saturated rings. The van der Waals surface area contributed by atoms with Crippen LogP contribution in [0.25, 0.3) is 0 Å². The van der Waals surface area contributed by atoms with Crippen molar-refractivity contribution in [2.45, 2.75) is 51.4 Å². The van der Waals surface area contributed by atoms with Crippen LogP contribution in [0.3, 0.4) is 0 Å². The molecule has 1 aromatic rings. The number of carbonyl (C=O) groups excluding carboxylic acids is 2. The number of carbonyl (C=O) groups is 2. The molecular weight excluding hydrogens is 342 g/mol. The number of fused-ring (bicyclic) bond motifs is 1. The van der Waals surface area contributed by atoms with Crippen molar-refractivity contribution in [3.05, 3.63) is 27.8 Å². The molecule has 0 spiro atoms. The minimum absolute atomic E-state index is 0.0138. The van der Waals surface area contributed by atoms with Crippen LogP contribution >= 0.6 is 0 Å². The van der Waals surface area contributed by atoms with Crippen molar-refractivity contribution in [2.75, 3.05) is 11.9 Å². The molecule has 9 heteroatoms. The van der Waals surface area contributed by atoms with Gasteiger partial charge < -0.3 is 20.1 Å². The van der Waals surface area contributed by atoms with Gasteiger partial charge in [0.15, 0.2) is 0 Å². The van der Waals surface area contributed by atoms with Crippen LogP contribution in [-0.4, -0.2) is 45.0 Å². The number of nitro groups is 1. The van der Waals surface area contributed by atoms with Crippen molar-refractivity contribution in [3.8, 4) is 5.75 Å². The summed E-state index contributed by atoms with van der Waals surface area (Å²) in [6, 6.07) is 1.92. The van der Waals surface area contributed by atoms with Gasteiger partial charge >= 0.3 is 0 Å². The average molecular weight is 363 g/mol. The van der Waals surface area contributed by atoms with Crippen LogP contribution in [0.2, 0.25) is 0 Å². The number of likely N-dealkylation sites (tertiary alicyclic amines) is 1. The van der Waals surface area contributed by atoms with Gasteiger partial charge in [0.05, 0.1) is 11.0 Å². The number of nitrogens with zero attached hydrogens (tertiary/aromatic N) is 2. The Bertz CT molecular complexity index is 791. The summed E-state index contributed by atoms with van der Waals surface area (Å²) in [5.74, 6) is -0.250. The van der Waals surface area contributed by atoms with Crippen molar-refractivity contribution in [2.24, 2.45) is 0 Å². The van der Waals surface area contributed by atoms with E-state index in [0.717, 1.165) is 0 Å². The summed E-state index contributed by atoms with van der Waals surface area (Å²) in [6.45, 7) is 5.10. The Kier molecular flexibility index (Phi) is 4.35. The zero-order valence-corrected chi connectivity index (χ0v) is 14.8. The third-order valence-corrected chi connectivity index (χ3v) is 4.78. The van der Waals surface area contributed by atoms with E-state index in [9.17, 15) is 24.8 Å². The quantitative estimate of drug-likeness (QED) is 0.623. The van der Waals surface area contributed by atoms with Gasteiger partial charge in [-0.25, -0.2) is 0 Å². The molecule has 0 aliphatic carbocycles. The third-order valence-electron chi connectivity index (χ3n) is 4.78. The SMILES string of the molecule is CC(=O)Nc1cc2c(cc1[N+](=O)[O-])[C@@H](N1CCCC1=O)[C@H](O)C(C)(C)O2. The number of benzene rings is 1. The molecule has 1 saturated heterocycles. The van der Waals surface area contributed by atoms with Crippen molar-refractivity contribution in [3.63, 3.8) is 0 Å². The van der Waals surface area contributed by atoms with E-state index < -0.39 is 28.6 Å². The van der Waals surface area contributed by atoms with Gasteiger partial charge in [-0.15, -0.1) is 0 Å². The topological polar surface area (TPSA) is 122 Å². The fraction of sp³-hybridized carbons (Fsp3) is 0.529. The van der Waals surface area contributed by atoms with Gasteiger partial charge in [0.2, 0.25) is 11.8 Å². The molecule has 0 saturated carbocycles. The van der Waals surface area contributed by atoms with E-state index in [2.05, 4.69) is 5.32 Å². The first-order valence-electron chi connectivity index (χ1n) is 8.38. The van der Waals surface area contributed by atoms with Crippen molar-refractivity contribution in [1.29, 1.82) is 0 Å². The predicted octanol–water partition coefficient (Wildman–Crippen LogP) is 1.75. The highest BCUT2D eigenvalue weighted by Gasteiger charge is 2.48. The van der Waals surface area contributed by atoms with E-state index in [1.165, 1.54) is 19.1 Å². The second-order valence-electron chi connectivity index (χ2n) is 7.13. The Morgan fingerprint density at radius 1 is 1.46 bits per heavy atom. The van der Waals surface area contributed by atoms with Gasteiger partial charge in [0.1, 0.15) is 23.1 Å². The van der Waals surface area contributed by atoms with Crippen LogP contribution in [0.5, 0.6) is 5.75 Å². The summed E-state index contributed by atoms with van der Waals surface area (Å²) >= 11 is 0. The van der Waals surface area contributed by atoms with Gasteiger partial charge in [-0.2, -0.15) is 0 Å². The second kappa shape index (κ2) is 6.24. The molecule has 26 heavy (non-hydrogen) atoms. The van der Waals surface area contributed by atoms with E-state index in [4.69, 9.17) is 4.74 Å². The Morgan fingerprint density at radius 2 is 2.15 bits per heavy atom. The third kappa shape index (κ3) is 2.98. The van der Waals surface area contributed by atoms with E-state index >= 15 is 0 Å². The minimum atomic E-state index is -1.05. The molecule has 2 aliphatic heterocycles. The van der Waals surface area contributed by atoms with Crippen LogP contribution in [0, 0.1) is 10.1 Å². The van der Waals surface area contributed by atoms with E-state index in [1.54, 1.807) is 18.7 Å². The summed E-state index contributed by atoms with van der Waals surface area (Å²) in [7, 11) is 0. The molecule has 0 aromatic heterocycles. The number of hydrogen-bond acceptors (Lipinski definition) is 6. The smallest absolute Gasteiger partial charge is 0.293 e. The molecule has 2 heterocycles. The van der Waals surface area contributed by atoms with Crippen LogP contribution < -0.4 is 10.1 Å². The molecule has 2 atom stereocenters. The average Bonchev–Trinajstić information content (AvgIpc) is 2.93. The lowest BCUT2D eigenvalue weighted by molar-refractivity contribution is -0.384. The number of nitro benzene ring substituents is 1. The summed E-state index contributed by atoms with van der Waals surface area (Å²) in [4.78, 5) is 36.0. The lowest BCUT2D eigenvalue weighted by Gasteiger charge is -2.45. The second-order valence-corrected chi connectivity index (χ2v) is 7.13. The molecule has 0 bridgehead atoms. The first kappa shape index (κ1) is 18.1. The monoisotopic (exact) mass is 363 g/mol. The number of hydrogen-bond donors (Lipinski definition) is 2. The number of rotatable bonds is 3. The van der Waals surface area contributed by atoms with Crippen molar-refractivity contribution < 1.29 is 24.4 Å². The maximum absolute atomic E-state index is 12.3. The molecule has 1 aromatic carbocycles. The van der Waals surface area contributed by atoms with E-state index in [1.807, 2.05) is 0 Å². The van der Waals surface area contributed by atoms with Gasteiger partial charge in [0, 0.05) is 37.6 Å². The van der Waals surface area contributed by atoms with Gasteiger partial charge in [-0.05, 0) is 20.3 Å². The van der Waals surface area contributed by atoms with E-state index in [-0.39, 0.29) is 17.3 Å². The molecule has 140 valence electrons. The number of amides is 2. The zero-order valence-electron chi connectivity index (χ0n) is 14.8. The Labute approximate surface area is 150 Å². The molecule has 3 rings (SSSR count). The summed E-state index contributed by atoms with van der Waals surface area (Å²) < 4.78 is 5.85. The Balaban J connectivity index is 2.18. The maximum Gasteiger partial charge on any atom is 0.293 e. The minimum Gasteiger partial charge on any atom is -0.485 e. The van der Waals surface area contributed by atoms with Crippen LogP contribution in [-0.2, 0) is 9.59 Å². The highest BCUT2D eigenvalue weighted by molar-refractivity contribution is 5.92. The Hall–Kier alpha value is -2.68. The number of anilines is 1. The van der Waals surface area contributed by atoms with Crippen molar-refractivity contribution >= 4 is 23.2 Å². The molecule has 2 N–H and O–H groups in total. The summed E-state index contributed by atoms with van der Waals surface area (Å²) in [5, 5.41) is 24.7. The van der Waals surface area contributed by atoms with Gasteiger partial charge in [0.25, 0.3) is 5.69 Å². The standard InChI is InChI=1S/C17H21N3O6/c1-9(21)18-11-8-13-10(7-12(11)20(24)25)15(16(23)17(2,3)26-13)19-6-4-5-14(19)22/h7-8,15-16,23H,4-6H2,1-3H3,(H,18,21)/t15-,16+/m1/s1. The molecule has 9 nitrogen and oxygen atoms in total. The predicted molar refractivity (Wildman–Crippen MR) is 91.8 cm³/mol. The summed E-state index contributed by atoms with van der Waals surface area (Å²) in [5.41, 5.74) is -0.941.